The van der Waals surface area contributed by atoms with Crippen molar-refractivity contribution in [3.63, 3.8) is 0 Å². The first-order valence-corrected chi connectivity index (χ1v) is 5.37. The molecule has 0 aliphatic rings. The van der Waals surface area contributed by atoms with Crippen LogP contribution in [0.25, 0.3) is 0 Å². The van der Waals surface area contributed by atoms with E-state index in [0.717, 1.165) is 4.47 Å². The molecule has 1 aromatic heterocycles. The van der Waals surface area contributed by atoms with Gasteiger partial charge in [-0.25, -0.2) is 0 Å². The zero-order valence-corrected chi connectivity index (χ0v) is 10.2. The van der Waals surface area contributed by atoms with Crippen LogP contribution in [-0.2, 0) is 11.3 Å². The Hall–Kier alpha value is -1.10. The number of halogens is 1. The first-order valence-electron chi connectivity index (χ1n) is 4.57. The fraction of sp³-hybridized carbons (Fsp3) is 0.400. The molecule has 0 aromatic carbocycles. The molecular weight excluding hydrogens is 260 g/mol. The van der Waals surface area contributed by atoms with Crippen molar-refractivity contribution in [3.8, 4) is 0 Å². The minimum absolute atomic E-state index is 0.0914. The summed E-state index contributed by atoms with van der Waals surface area (Å²) < 4.78 is 2.31. The van der Waals surface area contributed by atoms with Gasteiger partial charge in [-0.3, -0.25) is 9.59 Å². The lowest BCUT2D eigenvalue weighted by molar-refractivity contribution is -0.121. The van der Waals surface area contributed by atoms with Gasteiger partial charge >= 0.3 is 0 Å². The minimum atomic E-state index is -0.403. The van der Waals surface area contributed by atoms with E-state index in [9.17, 15) is 9.59 Å². The summed E-state index contributed by atoms with van der Waals surface area (Å²) in [5, 5.41) is 0. The first-order chi connectivity index (χ1) is 6.91. The van der Waals surface area contributed by atoms with E-state index in [0.29, 0.717) is 12.1 Å². The maximum atomic E-state index is 11.7. The largest absolute Gasteiger partial charge is 0.369 e. The lowest BCUT2D eigenvalue weighted by Gasteiger charge is -2.11. The summed E-state index contributed by atoms with van der Waals surface area (Å²) in [6.45, 7) is 3.75. The van der Waals surface area contributed by atoms with Gasteiger partial charge in [-0.1, -0.05) is 6.92 Å². The van der Waals surface area contributed by atoms with Crippen molar-refractivity contribution in [1.29, 1.82) is 0 Å². The Morgan fingerprint density at radius 2 is 2.27 bits per heavy atom. The molecule has 1 atom stereocenters. The number of primary amides is 1. The summed E-state index contributed by atoms with van der Waals surface area (Å²) >= 11 is 3.30. The number of hydrogen-bond donors (Lipinski definition) is 1. The Bertz CT molecular complexity index is 440. The first kappa shape index (κ1) is 12.0. The summed E-state index contributed by atoms with van der Waals surface area (Å²) in [4.78, 5) is 22.5. The summed E-state index contributed by atoms with van der Waals surface area (Å²) in [5.41, 5.74) is 5.69. The molecular formula is C10H13BrN2O2. The van der Waals surface area contributed by atoms with Gasteiger partial charge in [0.05, 0.1) is 5.92 Å². The molecule has 0 spiro atoms. The molecule has 1 rings (SSSR count). The van der Waals surface area contributed by atoms with E-state index < -0.39 is 5.91 Å². The van der Waals surface area contributed by atoms with Gasteiger partial charge in [0.2, 0.25) is 5.91 Å². The predicted octanol–water partition coefficient (Wildman–Crippen LogP) is 1.04. The quantitative estimate of drug-likeness (QED) is 0.894. The van der Waals surface area contributed by atoms with Crippen LogP contribution in [0.4, 0.5) is 0 Å². The van der Waals surface area contributed by atoms with Crippen LogP contribution in [0.5, 0.6) is 0 Å². The Labute approximate surface area is 96.2 Å². The van der Waals surface area contributed by atoms with E-state index in [4.69, 9.17) is 5.73 Å². The molecule has 2 N–H and O–H groups in total. The third kappa shape index (κ3) is 2.92. The molecule has 0 bridgehead atoms. The number of carbonyl (C=O) groups excluding carboxylic acids is 1. The number of amides is 1. The van der Waals surface area contributed by atoms with Crippen molar-refractivity contribution < 1.29 is 4.79 Å². The van der Waals surface area contributed by atoms with Crippen molar-refractivity contribution in [1.82, 2.24) is 4.57 Å². The average molecular weight is 273 g/mol. The molecule has 0 radical (unpaired) electrons. The molecule has 1 aromatic rings. The molecule has 15 heavy (non-hydrogen) atoms. The molecule has 1 unspecified atom stereocenters. The molecule has 5 heteroatoms. The van der Waals surface area contributed by atoms with Crippen LogP contribution in [0.2, 0.25) is 0 Å². The summed E-state index contributed by atoms with van der Waals surface area (Å²) in [5.74, 6) is -0.754. The number of hydrogen-bond acceptors (Lipinski definition) is 2. The normalized spacial score (nSPS) is 12.5. The fourth-order valence-electron chi connectivity index (χ4n) is 1.26. The highest BCUT2D eigenvalue weighted by atomic mass is 79.9. The number of carbonyl (C=O) groups is 1. The molecule has 4 nitrogen and oxygen atoms in total. The maximum Gasteiger partial charge on any atom is 0.253 e. The Morgan fingerprint density at radius 3 is 2.80 bits per heavy atom. The second-order valence-electron chi connectivity index (χ2n) is 3.60. The molecule has 0 saturated carbocycles. The zero-order chi connectivity index (χ0) is 11.6. The highest BCUT2D eigenvalue weighted by molar-refractivity contribution is 9.10. The number of rotatable bonds is 3. The van der Waals surface area contributed by atoms with E-state index in [1.54, 1.807) is 26.1 Å². The third-order valence-electron chi connectivity index (χ3n) is 2.19. The van der Waals surface area contributed by atoms with Gasteiger partial charge in [-0.15, -0.1) is 0 Å². The van der Waals surface area contributed by atoms with Crippen LogP contribution < -0.4 is 11.3 Å². The highest BCUT2D eigenvalue weighted by Gasteiger charge is 2.11. The van der Waals surface area contributed by atoms with Crippen molar-refractivity contribution in [2.24, 2.45) is 11.7 Å². The van der Waals surface area contributed by atoms with Gasteiger partial charge in [-0.05, 0) is 28.9 Å². The number of pyridine rings is 1. The van der Waals surface area contributed by atoms with Crippen LogP contribution in [0.15, 0.2) is 21.5 Å². The standard InChI is InChI=1S/C10H13BrN2O2/c1-6-3-8(11)5-13(10(6)15)4-7(2)9(12)14/h3,5,7H,4H2,1-2H3,(H2,12,14). The van der Waals surface area contributed by atoms with Crippen molar-refractivity contribution in [2.75, 3.05) is 0 Å². The van der Waals surface area contributed by atoms with E-state index in [1.807, 2.05) is 0 Å². The van der Waals surface area contributed by atoms with E-state index >= 15 is 0 Å². The summed E-state index contributed by atoms with van der Waals surface area (Å²) in [6.07, 6.45) is 1.66. The highest BCUT2D eigenvalue weighted by Crippen LogP contribution is 2.09. The second-order valence-corrected chi connectivity index (χ2v) is 4.52. The van der Waals surface area contributed by atoms with E-state index in [-0.39, 0.29) is 11.5 Å². The number of aryl methyl sites for hydroxylation is 1. The molecule has 0 aliphatic carbocycles. The maximum absolute atomic E-state index is 11.7. The SMILES string of the molecule is Cc1cc(Br)cn(CC(C)C(N)=O)c1=O. The monoisotopic (exact) mass is 272 g/mol. The Kier molecular flexibility index (Phi) is 3.68. The molecule has 1 heterocycles. The summed E-state index contributed by atoms with van der Waals surface area (Å²) in [7, 11) is 0. The fourth-order valence-corrected chi connectivity index (χ4v) is 1.85. The third-order valence-corrected chi connectivity index (χ3v) is 2.62. The van der Waals surface area contributed by atoms with Crippen molar-refractivity contribution >= 4 is 21.8 Å². The average Bonchev–Trinajstić information content (AvgIpc) is 2.13. The molecule has 0 aliphatic heterocycles. The topological polar surface area (TPSA) is 65.1 Å². The van der Waals surface area contributed by atoms with Gasteiger partial charge in [0, 0.05) is 22.8 Å². The van der Waals surface area contributed by atoms with Gasteiger partial charge in [0.15, 0.2) is 0 Å². The predicted molar refractivity (Wildman–Crippen MR) is 61.5 cm³/mol. The second kappa shape index (κ2) is 4.61. The van der Waals surface area contributed by atoms with E-state index in [1.165, 1.54) is 4.57 Å². The minimum Gasteiger partial charge on any atom is -0.369 e. The smallest absolute Gasteiger partial charge is 0.253 e. The molecule has 82 valence electrons. The van der Waals surface area contributed by atoms with E-state index in [2.05, 4.69) is 15.9 Å². The van der Waals surface area contributed by atoms with Crippen LogP contribution in [-0.4, -0.2) is 10.5 Å². The summed E-state index contributed by atoms with van der Waals surface area (Å²) in [6, 6.07) is 1.74. The molecule has 1 amide bonds. The Morgan fingerprint density at radius 1 is 1.67 bits per heavy atom. The zero-order valence-electron chi connectivity index (χ0n) is 8.66. The number of nitrogens with two attached hydrogens (primary N) is 1. The molecule has 0 fully saturated rings. The van der Waals surface area contributed by atoms with Gasteiger partial charge in [0.25, 0.3) is 5.56 Å². The van der Waals surface area contributed by atoms with Gasteiger partial charge in [-0.2, -0.15) is 0 Å². The van der Waals surface area contributed by atoms with Gasteiger partial charge < -0.3 is 10.3 Å². The molecule has 0 saturated heterocycles. The van der Waals surface area contributed by atoms with Gasteiger partial charge in [0.1, 0.15) is 0 Å². The van der Waals surface area contributed by atoms with Crippen molar-refractivity contribution in [2.45, 2.75) is 20.4 Å². The van der Waals surface area contributed by atoms with Crippen LogP contribution in [0, 0.1) is 12.8 Å². The Balaban J connectivity index is 3.05. The lowest BCUT2D eigenvalue weighted by Crippen LogP contribution is -2.30. The van der Waals surface area contributed by atoms with Crippen LogP contribution in [0.3, 0.4) is 0 Å². The number of aromatic nitrogens is 1. The lowest BCUT2D eigenvalue weighted by atomic mass is 10.1. The van der Waals surface area contributed by atoms with Crippen molar-refractivity contribution in [3.05, 3.63) is 32.7 Å². The number of nitrogens with zero attached hydrogens (tertiary/aromatic N) is 1. The van der Waals surface area contributed by atoms with Crippen LogP contribution in [0.1, 0.15) is 12.5 Å². The van der Waals surface area contributed by atoms with Crippen LogP contribution >= 0.6 is 15.9 Å².